The van der Waals surface area contributed by atoms with E-state index in [9.17, 15) is 0 Å². The van der Waals surface area contributed by atoms with E-state index in [0.717, 1.165) is 11.4 Å². The summed E-state index contributed by atoms with van der Waals surface area (Å²) in [5.41, 5.74) is 12.2. The van der Waals surface area contributed by atoms with Crippen LogP contribution in [0.25, 0.3) is 60.9 Å². The van der Waals surface area contributed by atoms with Crippen molar-refractivity contribution in [2.45, 2.75) is 12.0 Å². The first-order chi connectivity index (χ1) is 21.8. The lowest BCUT2D eigenvalue weighted by Gasteiger charge is -2.14. The molecule has 0 saturated heterocycles. The van der Waals surface area contributed by atoms with Crippen LogP contribution >= 0.6 is 0 Å². The minimum atomic E-state index is 0.115. The van der Waals surface area contributed by atoms with Gasteiger partial charge < -0.3 is 9.30 Å². The number of rotatable bonds is 4. The first kappa shape index (κ1) is 24.9. The van der Waals surface area contributed by atoms with Crippen molar-refractivity contribution in [1.29, 1.82) is 0 Å². The summed E-state index contributed by atoms with van der Waals surface area (Å²) in [4.78, 5) is 0. The average molecular weight is 564 g/mol. The van der Waals surface area contributed by atoms with Gasteiger partial charge in [0.25, 0.3) is 0 Å². The van der Waals surface area contributed by atoms with Crippen molar-refractivity contribution in [3.63, 3.8) is 0 Å². The Morgan fingerprint density at radius 2 is 1.05 bits per heavy atom. The van der Waals surface area contributed by atoms with Gasteiger partial charge in [0, 0.05) is 27.9 Å². The Hall–Kier alpha value is -5.60. The van der Waals surface area contributed by atoms with Crippen molar-refractivity contribution in [3.05, 3.63) is 169 Å². The lowest BCUT2D eigenvalue weighted by Crippen LogP contribution is -2.15. The van der Waals surface area contributed by atoms with Crippen molar-refractivity contribution in [2.24, 2.45) is 0 Å². The van der Waals surface area contributed by atoms with Gasteiger partial charge in [-0.15, -0.1) is 0 Å². The minimum absolute atomic E-state index is 0.115. The van der Waals surface area contributed by atoms with Crippen LogP contribution in [0.2, 0.25) is 0 Å². The van der Waals surface area contributed by atoms with E-state index in [1.807, 2.05) is 0 Å². The first-order valence-electron chi connectivity index (χ1n) is 15.3. The molecule has 208 valence electrons. The zero-order chi connectivity index (χ0) is 29.0. The van der Waals surface area contributed by atoms with Crippen LogP contribution in [0.1, 0.15) is 11.5 Å². The lowest BCUT2D eigenvalue weighted by atomic mass is 9.90. The molecule has 2 unspecified atom stereocenters. The Bertz CT molecular complexity index is 2240. The maximum atomic E-state index is 6.15. The van der Waals surface area contributed by atoms with E-state index in [2.05, 4.69) is 168 Å². The fourth-order valence-electron chi connectivity index (χ4n) is 6.94. The highest BCUT2D eigenvalue weighted by atomic mass is 16.5. The van der Waals surface area contributed by atoms with Gasteiger partial charge in [-0.2, -0.15) is 0 Å². The molecule has 6 aromatic carbocycles. The largest absolute Gasteiger partial charge is 0.485 e. The minimum Gasteiger partial charge on any atom is -0.485 e. The molecule has 0 spiro atoms. The van der Waals surface area contributed by atoms with Gasteiger partial charge in [-0.1, -0.05) is 121 Å². The fraction of sp³-hybridized carbons (Fsp3) is 0.0476. The smallest absolute Gasteiger partial charge is 0.128 e. The number of hydrogen-bond donors (Lipinski definition) is 0. The number of benzene rings is 6. The monoisotopic (exact) mass is 563 g/mol. The van der Waals surface area contributed by atoms with E-state index in [0.29, 0.717) is 5.92 Å². The summed E-state index contributed by atoms with van der Waals surface area (Å²) in [7, 11) is 0. The van der Waals surface area contributed by atoms with E-state index in [4.69, 9.17) is 4.74 Å². The molecule has 0 fully saturated rings. The van der Waals surface area contributed by atoms with E-state index >= 15 is 0 Å². The molecule has 1 aliphatic heterocycles. The first-order valence-corrected chi connectivity index (χ1v) is 15.3. The van der Waals surface area contributed by atoms with Gasteiger partial charge in [-0.05, 0) is 75.9 Å². The number of nitrogens with zero attached hydrogens (tertiary/aromatic N) is 1. The molecule has 0 amide bonds. The molecule has 0 N–H and O–H groups in total. The Balaban J connectivity index is 1.05. The summed E-state index contributed by atoms with van der Waals surface area (Å²) in [6.45, 7) is 0. The summed E-state index contributed by atoms with van der Waals surface area (Å²) in [5.74, 6) is 1.29. The number of ether oxygens (including phenoxy) is 1. The van der Waals surface area contributed by atoms with E-state index < -0.39 is 0 Å². The second kappa shape index (κ2) is 10.00. The van der Waals surface area contributed by atoms with Gasteiger partial charge in [-0.3, -0.25) is 0 Å². The molecule has 0 radical (unpaired) electrons. The van der Waals surface area contributed by atoms with Gasteiger partial charge in [0.05, 0.1) is 11.0 Å². The summed E-state index contributed by atoms with van der Waals surface area (Å²) in [6.07, 6.45) is 8.70. The van der Waals surface area contributed by atoms with Crippen LogP contribution in [0, 0.1) is 0 Å². The normalized spacial score (nSPS) is 16.6. The Morgan fingerprint density at radius 1 is 0.455 bits per heavy atom. The third-order valence-corrected chi connectivity index (χ3v) is 9.17. The predicted molar refractivity (Wildman–Crippen MR) is 183 cm³/mol. The number of para-hydroxylation sites is 1. The maximum absolute atomic E-state index is 6.15. The number of fused-ring (bicyclic) bond motifs is 6. The van der Waals surface area contributed by atoms with Gasteiger partial charge in [0.2, 0.25) is 0 Å². The van der Waals surface area contributed by atoms with E-state index in [1.165, 1.54) is 60.8 Å². The van der Waals surface area contributed by atoms with E-state index in [-0.39, 0.29) is 6.10 Å². The molecule has 7 aromatic rings. The summed E-state index contributed by atoms with van der Waals surface area (Å²) in [6, 6.07) is 50.6. The van der Waals surface area contributed by atoms with Gasteiger partial charge in [0.15, 0.2) is 0 Å². The molecular weight excluding hydrogens is 534 g/mol. The molecule has 44 heavy (non-hydrogen) atoms. The van der Waals surface area contributed by atoms with Crippen LogP contribution in [-0.4, -0.2) is 10.7 Å². The topological polar surface area (TPSA) is 14.2 Å². The third-order valence-electron chi connectivity index (χ3n) is 9.17. The summed E-state index contributed by atoms with van der Waals surface area (Å²) in [5, 5.41) is 2.54. The number of hydrogen-bond acceptors (Lipinski definition) is 1. The molecule has 0 bridgehead atoms. The standard InChI is InChI=1S/C42H29NO/c1-2-8-28(9-3-1)33-20-24-36-35-10-4-6-12-39(35)43(40(36)27-33)34-22-18-30(19-23-34)29-14-16-31(17-15-29)32-21-25-42-38(26-32)37-11-5-7-13-41(37)44-42/h1-27,37,41H. The Morgan fingerprint density at radius 3 is 1.86 bits per heavy atom. The van der Waals surface area contributed by atoms with Crippen molar-refractivity contribution in [2.75, 3.05) is 0 Å². The predicted octanol–water partition coefficient (Wildman–Crippen LogP) is 10.8. The second-order valence-electron chi connectivity index (χ2n) is 11.7. The van der Waals surface area contributed by atoms with Crippen molar-refractivity contribution in [1.82, 2.24) is 4.57 Å². The number of allylic oxidation sites excluding steroid dienone is 2. The highest BCUT2D eigenvalue weighted by molar-refractivity contribution is 6.10. The number of aromatic nitrogens is 1. The summed E-state index contributed by atoms with van der Waals surface area (Å²) >= 11 is 0. The zero-order valence-corrected chi connectivity index (χ0v) is 24.1. The van der Waals surface area contributed by atoms with Crippen LogP contribution < -0.4 is 4.74 Å². The highest BCUT2D eigenvalue weighted by Crippen LogP contribution is 2.43. The molecule has 2 nitrogen and oxygen atoms in total. The summed E-state index contributed by atoms with van der Waals surface area (Å²) < 4.78 is 8.54. The molecule has 2 heterocycles. The molecule has 0 saturated carbocycles. The molecular formula is C42H29NO. The van der Waals surface area contributed by atoms with Crippen molar-refractivity contribution < 1.29 is 4.74 Å². The maximum Gasteiger partial charge on any atom is 0.128 e. The van der Waals surface area contributed by atoms with E-state index in [1.54, 1.807) is 0 Å². The van der Waals surface area contributed by atoms with Gasteiger partial charge in [0.1, 0.15) is 11.9 Å². The van der Waals surface area contributed by atoms with Gasteiger partial charge in [-0.25, -0.2) is 0 Å². The third kappa shape index (κ3) is 4.03. The molecule has 9 rings (SSSR count). The van der Waals surface area contributed by atoms with Gasteiger partial charge >= 0.3 is 0 Å². The molecule has 1 aliphatic carbocycles. The Kier molecular flexibility index (Phi) is 5.67. The molecule has 2 atom stereocenters. The van der Waals surface area contributed by atoms with Crippen molar-refractivity contribution >= 4 is 21.8 Å². The lowest BCUT2D eigenvalue weighted by molar-refractivity contribution is 0.269. The fourth-order valence-corrected chi connectivity index (χ4v) is 6.94. The molecule has 2 aliphatic rings. The average Bonchev–Trinajstić information content (AvgIpc) is 3.64. The van der Waals surface area contributed by atoms with Crippen LogP contribution in [0.5, 0.6) is 5.75 Å². The van der Waals surface area contributed by atoms with Crippen molar-refractivity contribution in [3.8, 4) is 44.8 Å². The highest BCUT2D eigenvalue weighted by Gasteiger charge is 2.32. The van der Waals surface area contributed by atoms with Crippen LogP contribution in [0.3, 0.4) is 0 Å². The zero-order valence-electron chi connectivity index (χ0n) is 24.1. The molecule has 2 heteroatoms. The second-order valence-corrected chi connectivity index (χ2v) is 11.7. The quantitative estimate of drug-likeness (QED) is 0.208. The van der Waals surface area contributed by atoms with Crippen LogP contribution in [0.4, 0.5) is 0 Å². The van der Waals surface area contributed by atoms with Crippen LogP contribution in [-0.2, 0) is 0 Å². The molecule has 1 aromatic heterocycles. The van der Waals surface area contributed by atoms with Crippen LogP contribution in [0.15, 0.2) is 164 Å². The SMILES string of the molecule is C1=CC2Oc3ccc(-c4ccc(-c5ccc(-n6c7ccccc7c7ccc(-c8ccccc8)cc76)cc5)cc4)cc3C2C=C1. The Labute approximate surface area is 256 Å².